The molecule has 0 aliphatic carbocycles. The number of nitrogens with one attached hydrogen (secondary N) is 1. The number of hydrogen-bond acceptors (Lipinski definition) is 4. The average Bonchev–Trinajstić information content (AvgIpc) is 3.18. The van der Waals surface area contributed by atoms with Gasteiger partial charge >= 0.3 is 6.03 Å². The molecule has 1 saturated heterocycles. The molecule has 0 saturated carbocycles. The van der Waals surface area contributed by atoms with E-state index in [9.17, 15) is 4.79 Å². The number of aromatic nitrogens is 2. The standard InChI is InChI=1S/C21H21ClN4O2/c1-14-8-10-15(11-9-14)19-24-20(28-25-19)18-7-2-3-12-26(18)21(27)23-17-6-4-5-16(22)13-17/h4-6,8-11,13,18H,2-3,7,12H2,1H3,(H,23,27). The van der Waals surface area contributed by atoms with E-state index in [0.29, 0.717) is 29.0 Å². The van der Waals surface area contributed by atoms with Gasteiger partial charge in [-0.2, -0.15) is 4.98 Å². The van der Waals surface area contributed by atoms with Crippen molar-refractivity contribution in [1.82, 2.24) is 15.0 Å². The van der Waals surface area contributed by atoms with Gasteiger partial charge in [-0.05, 0) is 44.4 Å². The Morgan fingerprint density at radius 2 is 2.04 bits per heavy atom. The van der Waals surface area contributed by atoms with E-state index in [1.165, 1.54) is 5.56 Å². The maximum Gasteiger partial charge on any atom is 0.322 e. The van der Waals surface area contributed by atoms with Gasteiger partial charge < -0.3 is 14.7 Å². The van der Waals surface area contributed by atoms with E-state index < -0.39 is 0 Å². The van der Waals surface area contributed by atoms with E-state index in [1.807, 2.05) is 37.3 Å². The Morgan fingerprint density at radius 3 is 2.82 bits per heavy atom. The quantitative estimate of drug-likeness (QED) is 0.638. The molecule has 0 radical (unpaired) electrons. The Kier molecular flexibility index (Phi) is 5.30. The van der Waals surface area contributed by atoms with Gasteiger partial charge in [0.1, 0.15) is 6.04 Å². The fourth-order valence-electron chi connectivity index (χ4n) is 3.38. The number of urea groups is 1. The lowest BCUT2D eigenvalue weighted by Gasteiger charge is -2.33. The van der Waals surface area contributed by atoms with Crippen molar-refractivity contribution in [2.45, 2.75) is 32.2 Å². The molecule has 4 rings (SSSR count). The van der Waals surface area contributed by atoms with Gasteiger partial charge in [0, 0.05) is 22.8 Å². The molecule has 1 aliphatic rings. The first-order valence-corrected chi connectivity index (χ1v) is 9.72. The van der Waals surface area contributed by atoms with Crippen LogP contribution in [0.2, 0.25) is 5.02 Å². The topological polar surface area (TPSA) is 71.3 Å². The zero-order valence-electron chi connectivity index (χ0n) is 15.6. The van der Waals surface area contributed by atoms with Gasteiger partial charge in [-0.3, -0.25) is 0 Å². The van der Waals surface area contributed by atoms with Crippen molar-refractivity contribution in [1.29, 1.82) is 0 Å². The first kappa shape index (κ1) is 18.5. The van der Waals surface area contributed by atoms with Crippen LogP contribution < -0.4 is 5.32 Å². The largest absolute Gasteiger partial charge is 0.337 e. The Hall–Kier alpha value is -2.86. The number of carbonyl (C=O) groups is 1. The van der Waals surface area contributed by atoms with Crippen LogP contribution in [0.15, 0.2) is 53.1 Å². The minimum absolute atomic E-state index is 0.193. The number of hydrogen-bond donors (Lipinski definition) is 1. The molecule has 1 aromatic heterocycles. The summed E-state index contributed by atoms with van der Waals surface area (Å²) in [6, 6.07) is 14.6. The number of halogens is 1. The number of aryl methyl sites for hydroxylation is 1. The minimum Gasteiger partial charge on any atom is -0.337 e. The summed E-state index contributed by atoms with van der Waals surface area (Å²) in [4.78, 5) is 19.2. The maximum atomic E-state index is 12.9. The van der Waals surface area contributed by atoms with E-state index >= 15 is 0 Å². The second-order valence-electron chi connectivity index (χ2n) is 6.97. The Morgan fingerprint density at radius 1 is 1.21 bits per heavy atom. The van der Waals surface area contributed by atoms with Gasteiger partial charge in [-0.15, -0.1) is 0 Å². The average molecular weight is 397 g/mol. The first-order chi connectivity index (χ1) is 13.6. The summed E-state index contributed by atoms with van der Waals surface area (Å²) in [5.74, 6) is 1.01. The molecule has 2 aromatic carbocycles. The van der Waals surface area contributed by atoms with Crippen molar-refractivity contribution in [3.05, 3.63) is 65.0 Å². The van der Waals surface area contributed by atoms with E-state index in [1.54, 1.807) is 23.1 Å². The SMILES string of the molecule is Cc1ccc(-c2noc(C3CCCCN3C(=O)Nc3cccc(Cl)c3)n2)cc1. The highest BCUT2D eigenvalue weighted by Crippen LogP contribution is 2.32. The lowest BCUT2D eigenvalue weighted by atomic mass is 10.0. The summed E-state index contributed by atoms with van der Waals surface area (Å²) >= 11 is 6.01. The number of anilines is 1. The van der Waals surface area contributed by atoms with Crippen LogP contribution in [0.3, 0.4) is 0 Å². The highest BCUT2D eigenvalue weighted by Gasteiger charge is 2.32. The normalized spacial score (nSPS) is 16.8. The summed E-state index contributed by atoms with van der Waals surface area (Å²) in [5.41, 5.74) is 2.72. The monoisotopic (exact) mass is 396 g/mol. The third-order valence-electron chi connectivity index (χ3n) is 4.88. The highest BCUT2D eigenvalue weighted by atomic mass is 35.5. The summed E-state index contributed by atoms with van der Waals surface area (Å²) in [5, 5.41) is 7.60. The number of piperidine rings is 1. The number of benzene rings is 2. The second-order valence-corrected chi connectivity index (χ2v) is 7.40. The van der Waals surface area contributed by atoms with Crippen LogP contribution in [0.1, 0.15) is 36.8 Å². The Bertz CT molecular complexity index is 971. The third kappa shape index (κ3) is 4.02. The van der Waals surface area contributed by atoms with Gasteiger partial charge in [0.05, 0.1) is 0 Å². The van der Waals surface area contributed by atoms with Crippen LogP contribution in [0.4, 0.5) is 10.5 Å². The fourth-order valence-corrected chi connectivity index (χ4v) is 3.57. The molecule has 1 aliphatic heterocycles. The molecule has 2 amide bonds. The summed E-state index contributed by atoms with van der Waals surface area (Å²) < 4.78 is 5.53. The number of amides is 2. The highest BCUT2D eigenvalue weighted by molar-refractivity contribution is 6.30. The van der Waals surface area contributed by atoms with Gasteiger partial charge in [0.25, 0.3) is 0 Å². The van der Waals surface area contributed by atoms with Crippen LogP contribution >= 0.6 is 11.6 Å². The summed E-state index contributed by atoms with van der Waals surface area (Å²) in [6.45, 7) is 2.67. The summed E-state index contributed by atoms with van der Waals surface area (Å²) in [6.07, 6.45) is 2.74. The number of carbonyl (C=O) groups excluding carboxylic acids is 1. The third-order valence-corrected chi connectivity index (χ3v) is 5.11. The molecule has 1 fully saturated rings. The Labute approximate surface area is 168 Å². The molecule has 7 heteroatoms. The Balaban J connectivity index is 1.54. The van der Waals surface area contributed by atoms with Crippen molar-refractivity contribution in [2.75, 3.05) is 11.9 Å². The maximum absolute atomic E-state index is 12.9. The van der Waals surface area contributed by atoms with Crippen molar-refractivity contribution in [2.24, 2.45) is 0 Å². The molecule has 0 spiro atoms. The van der Waals surface area contributed by atoms with Crippen molar-refractivity contribution in [3.63, 3.8) is 0 Å². The van der Waals surface area contributed by atoms with Crippen LogP contribution in [-0.4, -0.2) is 27.6 Å². The molecule has 1 unspecified atom stereocenters. The van der Waals surface area contributed by atoms with Gasteiger partial charge in [-0.25, -0.2) is 4.79 Å². The molecular formula is C21H21ClN4O2. The van der Waals surface area contributed by atoms with Crippen molar-refractivity contribution in [3.8, 4) is 11.4 Å². The van der Waals surface area contributed by atoms with E-state index in [4.69, 9.17) is 16.1 Å². The van der Waals surface area contributed by atoms with Crippen LogP contribution in [-0.2, 0) is 0 Å². The number of likely N-dealkylation sites (tertiary alicyclic amines) is 1. The van der Waals surface area contributed by atoms with Crippen LogP contribution in [0.5, 0.6) is 0 Å². The molecular weight excluding hydrogens is 376 g/mol. The molecule has 144 valence electrons. The minimum atomic E-state index is -0.236. The smallest absolute Gasteiger partial charge is 0.322 e. The molecule has 2 heterocycles. The molecule has 6 nitrogen and oxygen atoms in total. The van der Waals surface area contributed by atoms with Gasteiger partial charge in [0.2, 0.25) is 11.7 Å². The fraction of sp³-hybridized carbons (Fsp3) is 0.286. The van der Waals surface area contributed by atoms with E-state index in [-0.39, 0.29) is 12.1 Å². The van der Waals surface area contributed by atoms with Gasteiger partial charge in [-0.1, -0.05) is 52.7 Å². The van der Waals surface area contributed by atoms with Crippen LogP contribution in [0, 0.1) is 6.92 Å². The van der Waals surface area contributed by atoms with E-state index in [0.717, 1.165) is 24.8 Å². The lowest BCUT2D eigenvalue weighted by molar-refractivity contribution is 0.142. The number of nitrogens with zero attached hydrogens (tertiary/aromatic N) is 3. The molecule has 28 heavy (non-hydrogen) atoms. The summed E-state index contributed by atoms with van der Waals surface area (Å²) in [7, 11) is 0. The second kappa shape index (κ2) is 8.02. The zero-order chi connectivity index (χ0) is 19.5. The molecule has 1 N–H and O–H groups in total. The molecule has 3 aromatic rings. The molecule has 1 atom stereocenters. The van der Waals surface area contributed by atoms with Gasteiger partial charge in [0.15, 0.2) is 0 Å². The molecule has 0 bridgehead atoms. The van der Waals surface area contributed by atoms with Crippen LogP contribution in [0.25, 0.3) is 11.4 Å². The zero-order valence-corrected chi connectivity index (χ0v) is 16.3. The van der Waals surface area contributed by atoms with Crippen molar-refractivity contribution < 1.29 is 9.32 Å². The van der Waals surface area contributed by atoms with Crippen molar-refractivity contribution >= 4 is 23.3 Å². The number of rotatable bonds is 3. The predicted octanol–water partition coefficient (Wildman–Crippen LogP) is 5.46. The van der Waals surface area contributed by atoms with E-state index in [2.05, 4.69) is 15.5 Å². The lowest BCUT2D eigenvalue weighted by Crippen LogP contribution is -2.41. The first-order valence-electron chi connectivity index (χ1n) is 9.34. The predicted molar refractivity (Wildman–Crippen MR) is 108 cm³/mol.